The average molecular weight is 1470 g/mol. The molecule has 0 bridgehead atoms. The molecular weight excluding hydrogens is 1330 g/mol. The minimum absolute atomic E-state index is 0.0299. The van der Waals surface area contributed by atoms with Crippen LogP contribution in [0, 0.1) is 0 Å². The number of phosphoric ester groups is 2. The van der Waals surface area contributed by atoms with Crippen LogP contribution in [0.3, 0.4) is 0 Å². The summed E-state index contributed by atoms with van der Waals surface area (Å²) in [6.45, 7) is 4.52. The van der Waals surface area contributed by atoms with Crippen molar-refractivity contribution in [1.29, 1.82) is 0 Å². The van der Waals surface area contributed by atoms with Crippen LogP contribution in [0.4, 0.5) is 0 Å². The van der Waals surface area contributed by atoms with E-state index < -0.39 is 97.5 Å². The van der Waals surface area contributed by atoms with Gasteiger partial charge in [0.25, 0.3) is 0 Å². The lowest BCUT2D eigenvalue weighted by molar-refractivity contribution is -0.161. The topological polar surface area (TPSA) is 237 Å². The molecule has 3 N–H and O–H groups in total. The van der Waals surface area contributed by atoms with Crippen LogP contribution >= 0.6 is 15.6 Å². The van der Waals surface area contributed by atoms with Crippen LogP contribution in [-0.4, -0.2) is 96.7 Å². The number of unbranched alkanes of at least 4 members (excludes halogenated alkanes) is 22. The highest BCUT2D eigenvalue weighted by atomic mass is 31.2. The predicted molar refractivity (Wildman–Crippen MR) is 417 cm³/mol. The van der Waals surface area contributed by atoms with Gasteiger partial charge >= 0.3 is 39.5 Å². The minimum atomic E-state index is -5.00. The fourth-order valence-electron chi connectivity index (χ4n) is 9.81. The first-order chi connectivity index (χ1) is 49.7. The Morgan fingerprint density at radius 1 is 0.284 bits per heavy atom. The molecule has 0 aromatic carbocycles. The van der Waals surface area contributed by atoms with E-state index in [-0.39, 0.29) is 25.7 Å². The van der Waals surface area contributed by atoms with Gasteiger partial charge in [-0.15, -0.1) is 0 Å². The average Bonchev–Trinajstić information content (AvgIpc) is 0.909. The number of aliphatic hydroxyl groups is 1. The van der Waals surface area contributed by atoms with Crippen molar-refractivity contribution in [1.82, 2.24) is 0 Å². The molecule has 17 nitrogen and oxygen atoms in total. The summed E-state index contributed by atoms with van der Waals surface area (Å²) in [4.78, 5) is 72.9. The first-order valence-electron chi connectivity index (χ1n) is 39.1. The van der Waals surface area contributed by atoms with Gasteiger partial charge in [0.15, 0.2) is 12.2 Å². The number of hydrogen-bond donors (Lipinski definition) is 3. The normalized spacial score (nSPS) is 14.7. The Kier molecular flexibility index (Phi) is 70.5. The Morgan fingerprint density at radius 3 is 0.902 bits per heavy atom. The number of hydrogen-bond acceptors (Lipinski definition) is 15. The van der Waals surface area contributed by atoms with Crippen LogP contribution in [-0.2, 0) is 65.4 Å². The van der Waals surface area contributed by atoms with E-state index in [1.54, 1.807) is 0 Å². The van der Waals surface area contributed by atoms with Gasteiger partial charge in [-0.05, 0) is 154 Å². The van der Waals surface area contributed by atoms with Gasteiger partial charge in [0.05, 0.1) is 26.4 Å². The van der Waals surface area contributed by atoms with Gasteiger partial charge in [0, 0.05) is 25.7 Å². The lowest BCUT2D eigenvalue weighted by Gasteiger charge is -2.21. The quantitative estimate of drug-likeness (QED) is 0.0169. The number of carbonyl (C=O) groups is 4. The van der Waals surface area contributed by atoms with Crippen LogP contribution in [0.25, 0.3) is 0 Å². The second-order valence-corrected chi connectivity index (χ2v) is 28.5. The van der Waals surface area contributed by atoms with Gasteiger partial charge in [0.2, 0.25) is 0 Å². The van der Waals surface area contributed by atoms with Crippen molar-refractivity contribution in [3.63, 3.8) is 0 Å². The number of aliphatic hydroxyl groups excluding tert-OH is 1. The van der Waals surface area contributed by atoms with Gasteiger partial charge < -0.3 is 33.8 Å². The van der Waals surface area contributed by atoms with E-state index in [0.717, 1.165) is 135 Å². The van der Waals surface area contributed by atoms with Crippen molar-refractivity contribution in [3.8, 4) is 0 Å². The molecule has 0 spiro atoms. The maximum absolute atomic E-state index is 13.1. The van der Waals surface area contributed by atoms with E-state index in [4.69, 9.17) is 37.0 Å². The summed E-state index contributed by atoms with van der Waals surface area (Å²) in [6, 6.07) is 0. The summed E-state index contributed by atoms with van der Waals surface area (Å²) < 4.78 is 68.4. The van der Waals surface area contributed by atoms with Gasteiger partial charge in [-0.1, -0.05) is 263 Å². The van der Waals surface area contributed by atoms with Crippen LogP contribution < -0.4 is 0 Å². The lowest BCUT2D eigenvalue weighted by Crippen LogP contribution is -2.30. The molecule has 0 aliphatic heterocycles. The van der Waals surface area contributed by atoms with Crippen molar-refractivity contribution >= 4 is 39.5 Å². The van der Waals surface area contributed by atoms with Gasteiger partial charge in [-0.2, -0.15) is 0 Å². The van der Waals surface area contributed by atoms with Crippen LogP contribution in [0.15, 0.2) is 146 Å². The third-order valence-corrected chi connectivity index (χ3v) is 17.7. The summed E-state index contributed by atoms with van der Waals surface area (Å²) in [5, 5.41) is 10.6. The molecule has 0 rings (SSSR count). The molecule has 19 heteroatoms. The van der Waals surface area contributed by atoms with E-state index in [2.05, 4.69) is 143 Å². The molecule has 5 atom stereocenters. The number of allylic oxidation sites excluding steroid dienone is 24. The molecule has 0 aromatic rings. The molecule has 0 saturated heterocycles. The Labute approximate surface area is 617 Å². The fraction of sp³-hybridized carbons (Fsp3) is 0.663. The predicted octanol–water partition coefficient (Wildman–Crippen LogP) is 22.7. The summed E-state index contributed by atoms with van der Waals surface area (Å²) in [5.74, 6) is -2.36. The van der Waals surface area contributed by atoms with E-state index in [1.807, 2.05) is 30.4 Å². The molecule has 0 aliphatic rings. The molecule has 0 fully saturated rings. The smallest absolute Gasteiger partial charge is 0.462 e. The molecule has 0 saturated carbocycles. The number of carbonyl (C=O) groups excluding carboxylic acids is 4. The van der Waals surface area contributed by atoms with Crippen molar-refractivity contribution in [3.05, 3.63) is 146 Å². The van der Waals surface area contributed by atoms with Gasteiger partial charge in [-0.3, -0.25) is 37.3 Å². The lowest BCUT2D eigenvalue weighted by atomic mass is 10.1. The molecule has 0 radical (unpaired) electrons. The first-order valence-corrected chi connectivity index (χ1v) is 42.1. The summed E-state index contributed by atoms with van der Waals surface area (Å²) in [7, 11) is -10.00. The zero-order chi connectivity index (χ0) is 74.6. The minimum Gasteiger partial charge on any atom is -0.462 e. The number of phosphoric acid groups is 2. The standard InChI is InChI=1S/C83H138O17P2/c1-5-9-13-17-21-25-29-33-35-37-38-40-42-46-48-52-56-60-64-68-81(86)94-74-79(100-83(88)70-66-62-58-54-50-44-32-28-24-20-16-12-8-4)76-98-102(91,92)96-72-77(84)71-95-101(89,90)97-75-78(99-82(87)69-65-61-57-53-49-43-31-27-23-19-15-11-7-3)73-93-80(85)67-63-59-55-51-47-45-41-39-36-34-30-26-22-18-14-10-6-2/h9,13,21-22,25-28,31-36,38,40-41,45-46,48,51,55-56,60,77-79,84H,5-8,10-12,14-20,23-24,29-30,37,39,42-44,47,49-50,52-54,57-59,61-76H2,1-4H3,(H,89,90)(H,91,92)/b13-9-,25-21-,26-22-,31-27-,32-28-,35-33-,36-34-,40-38-,45-41-,48-46-,55-51-,60-56-/t77-,78+,79+/m0/s1. The maximum Gasteiger partial charge on any atom is 0.472 e. The molecule has 102 heavy (non-hydrogen) atoms. The van der Waals surface area contributed by atoms with Crippen molar-refractivity contribution in [2.45, 2.75) is 316 Å². The highest BCUT2D eigenvalue weighted by Gasteiger charge is 2.30. The fourth-order valence-corrected chi connectivity index (χ4v) is 11.4. The van der Waals surface area contributed by atoms with E-state index in [1.165, 1.54) is 70.6 Å². The molecular formula is C83H138O17P2. The molecule has 2 unspecified atom stereocenters. The molecule has 0 heterocycles. The van der Waals surface area contributed by atoms with Crippen molar-refractivity contribution < 1.29 is 80.2 Å². The van der Waals surface area contributed by atoms with Crippen LogP contribution in [0.1, 0.15) is 297 Å². The maximum atomic E-state index is 13.1. The summed E-state index contributed by atoms with van der Waals surface area (Å²) in [5.41, 5.74) is 0. The largest absolute Gasteiger partial charge is 0.472 e. The molecule has 0 aromatic heterocycles. The summed E-state index contributed by atoms with van der Waals surface area (Å²) in [6.07, 6.45) is 84.3. The molecule has 0 amide bonds. The Balaban J connectivity index is 5.46. The van der Waals surface area contributed by atoms with E-state index in [9.17, 15) is 43.2 Å². The highest BCUT2D eigenvalue weighted by Crippen LogP contribution is 2.45. The second-order valence-electron chi connectivity index (χ2n) is 25.6. The van der Waals surface area contributed by atoms with E-state index >= 15 is 0 Å². The van der Waals surface area contributed by atoms with Gasteiger partial charge in [0.1, 0.15) is 19.3 Å². The third kappa shape index (κ3) is 73.3. The monoisotopic (exact) mass is 1470 g/mol. The highest BCUT2D eigenvalue weighted by molar-refractivity contribution is 7.47. The Morgan fingerprint density at radius 2 is 0.539 bits per heavy atom. The zero-order valence-corrected chi connectivity index (χ0v) is 65.3. The first kappa shape index (κ1) is 96.9. The Hall–Kier alpha value is -5.06. The van der Waals surface area contributed by atoms with Crippen LogP contribution in [0.5, 0.6) is 0 Å². The second kappa shape index (κ2) is 74.2. The zero-order valence-electron chi connectivity index (χ0n) is 63.5. The SMILES string of the molecule is CC/C=C\C/C=C\C/C=C\C/C=C\C/C=C\C/C=C\CCC(=O)OC[C@H](COP(=O)(O)OC[C@@H](O)COP(=O)(O)OC[C@@H](COC(=O)CCC/C=C\C/C=C\C/C=C\C/C=C\CCCCC)OC(=O)CCCCCCC/C=C\CCCCCC)OC(=O)CCCCCCC/C=C\CCCCCC. The van der Waals surface area contributed by atoms with E-state index in [0.29, 0.717) is 38.5 Å². The number of esters is 4. The number of rotatable bonds is 72. The molecule has 582 valence electrons. The third-order valence-electron chi connectivity index (χ3n) is 15.8. The van der Waals surface area contributed by atoms with Crippen molar-refractivity contribution in [2.75, 3.05) is 39.6 Å². The summed E-state index contributed by atoms with van der Waals surface area (Å²) >= 11 is 0. The van der Waals surface area contributed by atoms with Crippen LogP contribution in [0.2, 0.25) is 0 Å². The van der Waals surface area contributed by atoms with Crippen molar-refractivity contribution in [2.24, 2.45) is 0 Å². The van der Waals surface area contributed by atoms with Gasteiger partial charge in [-0.25, -0.2) is 9.13 Å². The Bertz CT molecular complexity index is 2510. The molecule has 0 aliphatic carbocycles. The number of ether oxygens (including phenoxy) is 4.